The monoisotopic (exact) mass is 373 g/mol. The number of nitrogens with zero attached hydrogens (tertiary/aromatic N) is 3. The average molecular weight is 374 g/mol. The molecule has 0 aliphatic heterocycles. The van der Waals surface area contributed by atoms with Crippen LogP contribution in [0.25, 0.3) is 0 Å². The zero-order valence-electron chi connectivity index (χ0n) is 12.5. The molecule has 0 aliphatic rings. The molecule has 0 atom stereocenters. The molecule has 0 fully saturated rings. The van der Waals surface area contributed by atoms with Crippen molar-refractivity contribution in [1.29, 1.82) is 0 Å². The minimum atomic E-state index is -4.59. The van der Waals surface area contributed by atoms with Crippen molar-refractivity contribution in [3.8, 4) is 0 Å². The molecule has 0 saturated carbocycles. The first-order chi connectivity index (χ1) is 11.7. The summed E-state index contributed by atoms with van der Waals surface area (Å²) >= 11 is 5.88. The second-order valence-corrected chi connectivity index (χ2v) is 5.07. The number of nitrogens with one attached hydrogen (secondary N) is 2. The van der Waals surface area contributed by atoms with Gasteiger partial charge in [0.25, 0.3) is 0 Å². The van der Waals surface area contributed by atoms with Gasteiger partial charge in [-0.15, -0.1) is 6.58 Å². The summed E-state index contributed by atoms with van der Waals surface area (Å²) in [5.74, 6) is -0.404. The molecule has 25 heavy (non-hydrogen) atoms. The van der Waals surface area contributed by atoms with Crippen molar-refractivity contribution in [3.05, 3.63) is 57.9 Å². The number of hydrogen-bond acceptors (Lipinski definition) is 6. The molecule has 0 saturated heterocycles. The maximum absolute atomic E-state index is 12.8. The number of alkyl halides is 3. The molecular formula is C14H11ClF3N5O2. The highest BCUT2D eigenvalue weighted by molar-refractivity contribution is 6.33. The Morgan fingerprint density at radius 2 is 2.00 bits per heavy atom. The van der Waals surface area contributed by atoms with E-state index in [1.807, 2.05) is 0 Å². The molecule has 0 spiro atoms. The largest absolute Gasteiger partial charge is 0.416 e. The van der Waals surface area contributed by atoms with Gasteiger partial charge in [0.2, 0.25) is 11.6 Å². The van der Waals surface area contributed by atoms with E-state index in [2.05, 4.69) is 27.2 Å². The Bertz CT molecular complexity index is 814. The van der Waals surface area contributed by atoms with E-state index in [9.17, 15) is 23.3 Å². The molecule has 2 rings (SSSR count). The Morgan fingerprint density at radius 3 is 2.60 bits per heavy atom. The number of anilines is 3. The van der Waals surface area contributed by atoms with Crippen LogP contribution in [0, 0.1) is 10.1 Å². The van der Waals surface area contributed by atoms with Gasteiger partial charge in [-0.05, 0) is 18.2 Å². The van der Waals surface area contributed by atoms with Gasteiger partial charge in [-0.2, -0.15) is 13.2 Å². The highest BCUT2D eigenvalue weighted by atomic mass is 35.5. The first-order valence-corrected chi connectivity index (χ1v) is 7.09. The normalized spacial score (nSPS) is 11.0. The van der Waals surface area contributed by atoms with Crippen molar-refractivity contribution < 1.29 is 18.1 Å². The van der Waals surface area contributed by atoms with Crippen molar-refractivity contribution in [1.82, 2.24) is 9.97 Å². The second kappa shape index (κ2) is 7.34. The second-order valence-electron chi connectivity index (χ2n) is 4.66. The van der Waals surface area contributed by atoms with Crippen LogP contribution >= 0.6 is 11.6 Å². The lowest BCUT2D eigenvalue weighted by atomic mass is 10.2. The Morgan fingerprint density at radius 1 is 1.32 bits per heavy atom. The Hall–Kier alpha value is -2.88. The lowest BCUT2D eigenvalue weighted by Gasteiger charge is -2.13. The fraction of sp³-hybridized carbons (Fsp3) is 0.143. The first-order valence-electron chi connectivity index (χ1n) is 6.72. The quantitative estimate of drug-likeness (QED) is 0.443. The van der Waals surface area contributed by atoms with Gasteiger partial charge in [0.1, 0.15) is 6.33 Å². The number of benzene rings is 1. The highest BCUT2D eigenvalue weighted by Gasteiger charge is 2.31. The van der Waals surface area contributed by atoms with E-state index in [0.717, 1.165) is 24.5 Å². The summed E-state index contributed by atoms with van der Waals surface area (Å²) in [5.41, 5.74) is -1.66. The molecule has 1 aromatic carbocycles. The Kier molecular flexibility index (Phi) is 5.42. The van der Waals surface area contributed by atoms with Gasteiger partial charge in [-0.1, -0.05) is 17.7 Å². The number of aromatic nitrogens is 2. The van der Waals surface area contributed by atoms with Crippen molar-refractivity contribution in [2.24, 2.45) is 0 Å². The minimum Gasteiger partial charge on any atom is -0.361 e. The van der Waals surface area contributed by atoms with Crippen LogP contribution in [0.5, 0.6) is 0 Å². The molecule has 2 N–H and O–H groups in total. The fourth-order valence-corrected chi connectivity index (χ4v) is 2.03. The third kappa shape index (κ3) is 4.35. The zero-order valence-corrected chi connectivity index (χ0v) is 13.2. The molecule has 0 radical (unpaired) electrons. The van der Waals surface area contributed by atoms with Crippen LogP contribution in [0.1, 0.15) is 5.56 Å². The molecule has 0 bridgehead atoms. The third-order valence-electron chi connectivity index (χ3n) is 2.97. The van der Waals surface area contributed by atoms with Gasteiger partial charge in [-0.3, -0.25) is 10.1 Å². The molecular weight excluding hydrogens is 363 g/mol. The van der Waals surface area contributed by atoms with E-state index >= 15 is 0 Å². The molecule has 0 amide bonds. The average Bonchev–Trinajstić information content (AvgIpc) is 2.53. The van der Waals surface area contributed by atoms with Crippen LogP contribution in [-0.4, -0.2) is 21.4 Å². The van der Waals surface area contributed by atoms with Crippen molar-refractivity contribution in [2.75, 3.05) is 17.2 Å². The molecule has 0 unspecified atom stereocenters. The van der Waals surface area contributed by atoms with Crippen LogP contribution in [0.4, 0.5) is 36.2 Å². The molecule has 7 nitrogen and oxygen atoms in total. The number of halogens is 4. The number of hydrogen-bond donors (Lipinski definition) is 2. The molecule has 1 heterocycles. The van der Waals surface area contributed by atoms with Crippen LogP contribution in [0.15, 0.2) is 37.2 Å². The smallest absolute Gasteiger partial charge is 0.361 e. The van der Waals surface area contributed by atoms with Gasteiger partial charge in [0.15, 0.2) is 0 Å². The summed E-state index contributed by atoms with van der Waals surface area (Å²) in [7, 11) is 0. The lowest BCUT2D eigenvalue weighted by Crippen LogP contribution is -2.09. The van der Waals surface area contributed by atoms with Crippen LogP contribution in [-0.2, 0) is 6.18 Å². The standard InChI is InChI=1S/C14H11ClF3N5O2/c1-2-5-19-12-11(23(24)25)13(21-7-20-12)22-10-6-8(14(16,17)18)3-4-9(10)15/h2-4,6-7H,1,5H2,(H2,19,20,21,22). The lowest BCUT2D eigenvalue weighted by molar-refractivity contribution is -0.383. The van der Waals surface area contributed by atoms with E-state index in [0.29, 0.717) is 0 Å². The molecule has 11 heteroatoms. The SMILES string of the molecule is C=CCNc1ncnc(Nc2cc(C(F)(F)F)ccc2Cl)c1[N+](=O)[O-]. The fourth-order valence-electron chi connectivity index (χ4n) is 1.87. The Labute approximate surface area is 144 Å². The summed E-state index contributed by atoms with van der Waals surface area (Å²) in [6, 6.07) is 2.58. The van der Waals surface area contributed by atoms with E-state index in [-0.39, 0.29) is 28.9 Å². The third-order valence-corrected chi connectivity index (χ3v) is 3.30. The van der Waals surface area contributed by atoms with Crippen LogP contribution in [0.3, 0.4) is 0 Å². The minimum absolute atomic E-state index is 0.0542. The summed E-state index contributed by atoms with van der Waals surface area (Å²) in [6.07, 6.45) is -2.10. The first kappa shape index (κ1) is 18.5. The van der Waals surface area contributed by atoms with Gasteiger partial charge >= 0.3 is 11.9 Å². The van der Waals surface area contributed by atoms with Crippen molar-refractivity contribution in [2.45, 2.75) is 6.18 Å². The van der Waals surface area contributed by atoms with Crippen molar-refractivity contribution >= 4 is 34.6 Å². The predicted molar refractivity (Wildman–Crippen MR) is 87.1 cm³/mol. The van der Waals surface area contributed by atoms with E-state index < -0.39 is 22.4 Å². The summed E-state index contributed by atoms with van der Waals surface area (Å²) in [5, 5.41) is 16.4. The van der Waals surface area contributed by atoms with Gasteiger partial charge in [0, 0.05) is 6.54 Å². The maximum atomic E-state index is 12.8. The van der Waals surface area contributed by atoms with Gasteiger partial charge < -0.3 is 10.6 Å². The molecule has 2 aromatic rings. The van der Waals surface area contributed by atoms with E-state index in [1.165, 1.54) is 6.08 Å². The Balaban J connectivity index is 2.47. The van der Waals surface area contributed by atoms with E-state index in [1.54, 1.807) is 0 Å². The predicted octanol–water partition coefficient (Wildman–Crippen LogP) is 4.40. The summed E-state index contributed by atoms with van der Waals surface area (Å²) < 4.78 is 38.5. The topological polar surface area (TPSA) is 93.0 Å². The van der Waals surface area contributed by atoms with Crippen LogP contribution < -0.4 is 10.6 Å². The number of rotatable bonds is 6. The molecule has 132 valence electrons. The van der Waals surface area contributed by atoms with E-state index in [4.69, 9.17) is 11.6 Å². The zero-order chi connectivity index (χ0) is 18.6. The number of nitro groups is 1. The molecule has 1 aromatic heterocycles. The van der Waals surface area contributed by atoms with Gasteiger partial charge in [0.05, 0.1) is 21.2 Å². The highest BCUT2D eigenvalue weighted by Crippen LogP contribution is 2.37. The maximum Gasteiger partial charge on any atom is 0.416 e. The van der Waals surface area contributed by atoms with Crippen LogP contribution in [0.2, 0.25) is 5.02 Å². The summed E-state index contributed by atoms with van der Waals surface area (Å²) in [6.45, 7) is 3.67. The van der Waals surface area contributed by atoms with Crippen molar-refractivity contribution in [3.63, 3.8) is 0 Å². The molecule has 0 aliphatic carbocycles. The van der Waals surface area contributed by atoms with Gasteiger partial charge in [-0.25, -0.2) is 9.97 Å². The summed E-state index contributed by atoms with van der Waals surface area (Å²) in [4.78, 5) is 18.0.